The van der Waals surface area contributed by atoms with Gasteiger partial charge in [0.1, 0.15) is 0 Å². The van der Waals surface area contributed by atoms with Crippen molar-refractivity contribution in [3.8, 4) is 0 Å². The molecule has 72 valence electrons. The fraction of sp³-hybridized carbons (Fsp3) is 1.00. The first-order valence-electron chi connectivity index (χ1n) is 4.93. The zero-order valence-electron chi connectivity index (χ0n) is 8.27. The third-order valence-corrected chi connectivity index (χ3v) is 2.86. The van der Waals surface area contributed by atoms with Gasteiger partial charge < -0.3 is 9.47 Å². The molecule has 0 aliphatic heterocycles. The van der Waals surface area contributed by atoms with Crippen LogP contribution in [0.3, 0.4) is 0 Å². The largest absolute Gasteiger partial charge is 0.353 e. The van der Waals surface area contributed by atoms with Crippen molar-refractivity contribution in [2.75, 3.05) is 14.2 Å². The lowest BCUT2D eigenvalue weighted by Crippen LogP contribution is -2.34. The molecule has 2 heteroatoms. The maximum Gasteiger partial charge on any atom is 0.167 e. The van der Waals surface area contributed by atoms with Gasteiger partial charge in [-0.25, -0.2) is 0 Å². The molecule has 0 aromatic rings. The van der Waals surface area contributed by atoms with E-state index in [9.17, 15) is 0 Å². The molecule has 1 saturated carbocycles. The molecule has 0 heterocycles. The minimum Gasteiger partial charge on any atom is -0.353 e. The van der Waals surface area contributed by atoms with Crippen LogP contribution in [0.15, 0.2) is 0 Å². The van der Waals surface area contributed by atoms with Crippen LogP contribution in [0.2, 0.25) is 0 Å². The average Bonchev–Trinajstić information content (AvgIpc) is 2.06. The maximum atomic E-state index is 5.44. The Labute approximate surface area is 75.2 Å². The Morgan fingerprint density at radius 2 is 1.17 bits per heavy atom. The van der Waals surface area contributed by atoms with E-state index in [0.29, 0.717) is 0 Å². The van der Waals surface area contributed by atoms with Crippen LogP contribution in [-0.4, -0.2) is 20.0 Å². The minimum atomic E-state index is -0.263. The Bertz CT molecular complexity index is 109. The molecule has 0 bridgehead atoms. The quantitative estimate of drug-likeness (QED) is 0.596. The van der Waals surface area contributed by atoms with E-state index in [1.807, 2.05) is 0 Å². The summed E-state index contributed by atoms with van der Waals surface area (Å²) < 4.78 is 10.9. The zero-order valence-corrected chi connectivity index (χ0v) is 8.27. The van der Waals surface area contributed by atoms with Crippen LogP contribution in [0.1, 0.15) is 44.9 Å². The molecule has 12 heavy (non-hydrogen) atoms. The fourth-order valence-electron chi connectivity index (χ4n) is 1.94. The Kier molecular flexibility index (Phi) is 4.02. The molecule has 0 amide bonds. The van der Waals surface area contributed by atoms with Crippen LogP contribution in [-0.2, 0) is 9.47 Å². The molecule has 0 N–H and O–H groups in total. The number of rotatable bonds is 2. The van der Waals surface area contributed by atoms with Crippen LogP contribution in [0.4, 0.5) is 0 Å². The van der Waals surface area contributed by atoms with Gasteiger partial charge in [0.2, 0.25) is 0 Å². The van der Waals surface area contributed by atoms with Crippen LogP contribution < -0.4 is 0 Å². The molecule has 1 aliphatic carbocycles. The summed E-state index contributed by atoms with van der Waals surface area (Å²) in [6.07, 6.45) is 8.62. The molecule has 0 saturated heterocycles. The molecule has 0 radical (unpaired) electrons. The Morgan fingerprint density at radius 1 is 0.750 bits per heavy atom. The number of methoxy groups -OCH3 is 2. The van der Waals surface area contributed by atoms with Crippen molar-refractivity contribution >= 4 is 0 Å². The molecule has 1 rings (SSSR count). The third-order valence-electron chi connectivity index (χ3n) is 2.86. The Balaban J connectivity index is 2.45. The first-order valence-corrected chi connectivity index (χ1v) is 4.93. The van der Waals surface area contributed by atoms with Crippen molar-refractivity contribution in [2.24, 2.45) is 0 Å². The SMILES string of the molecule is COC1(OC)CCCCCCC1. The fourth-order valence-corrected chi connectivity index (χ4v) is 1.94. The van der Waals surface area contributed by atoms with E-state index in [0.717, 1.165) is 12.8 Å². The summed E-state index contributed by atoms with van der Waals surface area (Å²) in [6, 6.07) is 0. The van der Waals surface area contributed by atoms with Gasteiger partial charge in [-0.05, 0) is 12.8 Å². The van der Waals surface area contributed by atoms with Gasteiger partial charge in [-0.2, -0.15) is 0 Å². The van der Waals surface area contributed by atoms with Gasteiger partial charge in [0.25, 0.3) is 0 Å². The third kappa shape index (κ3) is 2.46. The first-order chi connectivity index (χ1) is 5.83. The molecule has 0 aromatic carbocycles. The monoisotopic (exact) mass is 172 g/mol. The number of hydrogen-bond donors (Lipinski definition) is 0. The summed E-state index contributed by atoms with van der Waals surface area (Å²) in [5.41, 5.74) is 0. The van der Waals surface area contributed by atoms with E-state index in [1.165, 1.54) is 32.1 Å². The van der Waals surface area contributed by atoms with Gasteiger partial charge in [0, 0.05) is 27.1 Å². The van der Waals surface area contributed by atoms with Crippen LogP contribution in [0.25, 0.3) is 0 Å². The number of ether oxygens (including phenoxy) is 2. The Hall–Kier alpha value is -0.0800. The van der Waals surface area contributed by atoms with Crippen LogP contribution >= 0.6 is 0 Å². The van der Waals surface area contributed by atoms with Gasteiger partial charge in [-0.3, -0.25) is 0 Å². The summed E-state index contributed by atoms with van der Waals surface area (Å²) in [6.45, 7) is 0. The molecule has 1 aliphatic rings. The minimum absolute atomic E-state index is 0.263. The van der Waals surface area contributed by atoms with E-state index >= 15 is 0 Å². The van der Waals surface area contributed by atoms with Gasteiger partial charge in [-0.15, -0.1) is 0 Å². The summed E-state index contributed by atoms with van der Waals surface area (Å²) in [4.78, 5) is 0. The summed E-state index contributed by atoms with van der Waals surface area (Å²) >= 11 is 0. The first kappa shape index (κ1) is 10.0. The van der Waals surface area contributed by atoms with Crippen molar-refractivity contribution in [3.63, 3.8) is 0 Å². The van der Waals surface area contributed by atoms with E-state index in [-0.39, 0.29) is 5.79 Å². The molecule has 0 aromatic heterocycles. The highest BCUT2D eigenvalue weighted by Crippen LogP contribution is 2.29. The highest BCUT2D eigenvalue weighted by molar-refractivity contribution is 4.71. The normalized spacial score (nSPS) is 24.5. The number of hydrogen-bond acceptors (Lipinski definition) is 2. The molecule has 0 atom stereocenters. The molecule has 0 spiro atoms. The van der Waals surface area contributed by atoms with Crippen molar-refractivity contribution < 1.29 is 9.47 Å². The molecule has 0 unspecified atom stereocenters. The average molecular weight is 172 g/mol. The van der Waals surface area contributed by atoms with Gasteiger partial charge in [-0.1, -0.05) is 19.3 Å². The Morgan fingerprint density at radius 3 is 1.58 bits per heavy atom. The van der Waals surface area contributed by atoms with E-state index in [4.69, 9.17) is 9.47 Å². The van der Waals surface area contributed by atoms with Crippen molar-refractivity contribution in [2.45, 2.75) is 50.7 Å². The second-order valence-electron chi connectivity index (χ2n) is 3.59. The van der Waals surface area contributed by atoms with Crippen LogP contribution in [0.5, 0.6) is 0 Å². The molecule has 1 fully saturated rings. The zero-order chi connectivity index (χ0) is 8.86. The standard InChI is InChI=1S/C10H20O2/c1-11-10(12-2)8-6-4-3-5-7-9-10/h3-9H2,1-2H3. The van der Waals surface area contributed by atoms with Crippen molar-refractivity contribution in [3.05, 3.63) is 0 Å². The second-order valence-corrected chi connectivity index (χ2v) is 3.59. The topological polar surface area (TPSA) is 18.5 Å². The smallest absolute Gasteiger partial charge is 0.167 e. The highest BCUT2D eigenvalue weighted by atomic mass is 16.7. The molecular weight excluding hydrogens is 152 g/mol. The van der Waals surface area contributed by atoms with E-state index in [2.05, 4.69) is 0 Å². The highest BCUT2D eigenvalue weighted by Gasteiger charge is 2.28. The second kappa shape index (κ2) is 4.83. The van der Waals surface area contributed by atoms with Gasteiger partial charge in [0.05, 0.1) is 0 Å². The summed E-state index contributed by atoms with van der Waals surface area (Å²) in [7, 11) is 3.51. The maximum absolute atomic E-state index is 5.44. The lowest BCUT2D eigenvalue weighted by molar-refractivity contribution is -0.217. The molecular formula is C10H20O2. The molecule has 2 nitrogen and oxygen atoms in total. The summed E-state index contributed by atoms with van der Waals surface area (Å²) in [5, 5.41) is 0. The van der Waals surface area contributed by atoms with E-state index < -0.39 is 0 Å². The predicted molar refractivity (Wildman–Crippen MR) is 49.1 cm³/mol. The van der Waals surface area contributed by atoms with Crippen molar-refractivity contribution in [1.29, 1.82) is 0 Å². The van der Waals surface area contributed by atoms with Crippen LogP contribution in [0, 0.1) is 0 Å². The lowest BCUT2D eigenvalue weighted by Gasteiger charge is -2.32. The summed E-state index contributed by atoms with van der Waals surface area (Å²) in [5.74, 6) is -0.263. The van der Waals surface area contributed by atoms with Crippen molar-refractivity contribution in [1.82, 2.24) is 0 Å². The predicted octanol–water partition coefficient (Wildman–Crippen LogP) is 2.72. The lowest BCUT2D eigenvalue weighted by atomic mass is 9.95. The van der Waals surface area contributed by atoms with Gasteiger partial charge >= 0.3 is 0 Å². The van der Waals surface area contributed by atoms with Gasteiger partial charge in [0.15, 0.2) is 5.79 Å². The van der Waals surface area contributed by atoms with E-state index in [1.54, 1.807) is 14.2 Å².